The molecule has 10 heteroatoms. The van der Waals surface area contributed by atoms with Crippen LogP contribution in [0.25, 0.3) is 11.0 Å². The van der Waals surface area contributed by atoms with Crippen molar-refractivity contribution >= 4 is 40.3 Å². The van der Waals surface area contributed by atoms with Crippen LogP contribution in [0.5, 0.6) is 5.88 Å². The van der Waals surface area contributed by atoms with Gasteiger partial charge in [0.15, 0.2) is 5.69 Å². The summed E-state index contributed by atoms with van der Waals surface area (Å²) in [6, 6.07) is 11.1. The van der Waals surface area contributed by atoms with Crippen molar-refractivity contribution in [3.05, 3.63) is 58.7 Å². The Labute approximate surface area is 185 Å². The van der Waals surface area contributed by atoms with Gasteiger partial charge in [0.25, 0.3) is 5.91 Å². The summed E-state index contributed by atoms with van der Waals surface area (Å²) in [4.78, 5) is 22.8. The highest BCUT2D eigenvalue weighted by molar-refractivity contribution is 8.00. The molecule has 1 unspecified atom stereocenters. The Morgan fingerprint density at radius 1 is 1.19 bits per heavy atom. The molecule has 31 heavy (non-hydrogen) atoms. The summed E-state index contributed by atoms with van der Waals surface area (Å²) >= 11 is 5.78. The predicted octanol–water partition coefficient (Wildman–Crippen LogP) is 5.45. The summed E-state index contributed by atoms with van der Waals surface area (Å²) in [5, 5.41) is 10.9. The number of fused-ring (bicyclic) bond motifs is 1. The van der Waals surface area contributed by atoms with Crippen molar-refractivity contribution in [3.8, 4) is 5.88 Å². The highest BCUT2D eigenvalue weighted by Crippen LogP contribution is 2.38. The van der Waals surface area contributed by atoms with E-state index < -0.39 is 17.3 Å². The van der Waals surface area contributed by atoms with Gasteiger partial charge in [-0.3, -0.25) is 4.79 Å². The second kappa shape index (κ2) is 8.55. The highest BCUT2D eigenvalue weighted by Gasteiger charge is 2.33. The summed E-state index contributed by atoms with van der Waals surface area (Å²) in [5.41, 5.74) is -3.40. The third-order valence-electron chi connectivity index (χ3n) is 5.05. The topological polar surface area (TPSA) is 66.3 Å². The summed E-state index contributed by atoms with van der Waals surface area (Å²) in [7, 11) is 0. The maximum absolute atomic E-state index is 13.1. The summed E-state index contributed by atoms with van der Waals surface area (Å²) in [5.74, 6) is -1.03. The maximum atomic E-state index is 13.1. The molecular weight excluding hydrogens is 451 g/mol. The maximum Gasteiger partial charge on any atom is 0.446 e. The second-order valence-electron chi connectivity index (χ2n) is 7.22. The Morgan fingerprint density at radius 2 is 2.00 bits per heavy atom. The van der Waals surface area contributed by atoms with Gasteiger partial charge in [0.05, 0.1) is 11.0 Å². The van der Waals surface area contributed by atoms with Crippen molar-refractivity contribution in [3.63, 3.8) is 0 Å². The van der Waals surface area contributed by atoms with E-state index in [9.17, 15) is 23.1 Å². The van der Waals surface area contributed by atoms with E-state index in [0.717, 1.165) is 18.4 Å². The van der Waals surface area contributed by atoms with Crippen LogP contribution in [0, 0.1) is 0 Å². The van der Waals surface area contributed by atoms with Crippen LogP contribution in [0.15, 0.2) is 47.4 Å². The first-order chi connectivity index (χ1) is 14.7. The van der Waals surface area contributed by atoms with Crippen molar-refractivity contribution in [2.24, 2.45) is 0 Å². The minimum absolute atomic E-state index is 0.0709. The number of nitrogens with zero attached hydrogens (tertiary/aromatic N) is 3. The van der Waals surface area contributed by atoms with Gasteiger partial charge in [-0.1, -0.05) is 23.7 Å². The molecule has 1 amide bonds. The molecule has 0 aliphatic carbocycles. The van der Waals surface area contributed by atoms with Crippen LogP contribution < -0.4 is 0 Å². The molecule has 1 aromatic heterocycles. The second-order valence-corrected chi connectivity index (χ2v) is 8.80. The zero-order valence-electron chi connectivity index (χ0n) is 16.1. The van der Waals surface area contributed by atoms with E-state index in [1.54, 1.807) is 11.0 Å². The lowest BCUT2D eigenvalue weighted by molar-refractivity contribution is -0.0328. The van der Waals surface area contributed by atoms with Crippen LogP contribution in [0.2, 0.25) is 5.02 Å². The molecule has 1 aliphatic heterocycles. The SMILES string of the molecule is O=C(c1nc2cc(SC(F)(F)F)ccc2nc1O)N1CCCC1Cc1cccc(Cl)c1. The molecule has 162 valence electrons. The summed E-state index contributed by atoms with van der Waals surface area (Å²) in [6.45, 7) is 0.493. The Balaban J connectivity index is 1.61. The highest BCUT2D eigenvalue weighted by atomic mass is 35.5. The normalized spacial score (nSPS) is 16.8. The quantitative estimate of drug-likeness (QED) is 0.517. The zero-order valence-corrected chi connectivity index (χ0v) is 17.6. The molecule has 4 rings (SSSR count). The van der Waals surface area contributed by atoms with Gasteiger partial charge >= 0.3 is 5.51 Å². The number of aromatic hydroxyl groups is 1. The summed E-state index contributed by atoms with van der Waals surface area (Å²) < 4.78 is 38.0. The Kier molecular flexibility index (Phi) is 5.98. The van der Waals surface area contributed by atoms with E-state index in [2.05, 4.69) is 9.97 Å². The van der Waals surface area contributed by atoms with Crippen LogP contribution in [-0.4, -0.2) is 44.0 Å². The molecule has 1 N–H and O–H groups in total. The first kappa shape index (κ1) is 21.7. The molecule has 0 bridgehead atoms. The van der Waals surface area contributed by atoms with E-state index in [-0.39, 0.29) is 39.4 Å². The van der Waals surface area contributed by atoms with E-state index in [0.29, 0.717) is 18.0 Å². The molecule has 1 atom stereocenters. The minimum Gasteiger partial charge on any atom is -0.492 e. The Morgan fingerprint density at radius 3 is 2.74 bits per heavy atom. The molecule has 0 saturated carbocycles. The van der Waals surface area contributed by atoms with E-state index in [1.165, 1.54) is 18.2 Å². The van der Waals surface area contributed by atoms with Crippen molar-refractivity contribution in [2.45, 2.75) is 35.7 Å². The number of thioether (sulfide) groups is 1. The number of alkyl halides is 3. The number of rotatable bonds is 4. The van der Waals surface area contributed by atoms with Crippen LogP contribution in [0.3, 0.4) is 0 Å². The van der Waals surface area contributed by atoms with E-state index in [1.807, 2.05) is 18.2 Å². The fourth-order valence-corrected chi connectivity index (χ4v) is 4.54. The number of hydrogen-bond donors (Lipinski definition) is 1. The number of likely N-dealkylation sites (tertiary alicyclic amines) is 1. The number of benzene rings is 2. The molecule has 1 saturated heterocycles. The monoisotopic (exact) mass is 467 g/mol. The largest absolute Gasteiger partial charge is 0.492 e. The molecule has 1 aliphatic rings. The lowest BCUT2D eigenvalue weighted by Crippen LogP contribution is -2.37. The van der Waals surface area contributed by atoms with Gasteiger partial charge in [0.1, 0.15) is 0 Å². The third-order valence-corrected chi connectivity index (χ3v) is 6.01. The number of carbonyl (C=O) groups excluding carboxylic acids is 1. The summed E-state index contributed by atoms with van der Waals surface area (Å²) in [6.07, 6.45) is 2.18. The molecule has 1 fully saturated rings. The fourth-order valence-electron chi connectivity index (χ4n) is 3.75. The molecular formula is C21H17ClF3N3O2S. The lowest BCUT2D eigenvalue weighted by Gasteiger charge is -2.24. The number of amides is 1. The lowest BCUT2D eigenvalue weighted by atomic mass is 10.0. The van der Waals surface area contributed by atoms with Crippen LogP contribution in [0.4, 0.5) is 13.2 Å². The standard InChI is InChI=1S/C21H17ClF3N3O2S/c22-13-4-1-3-12(9-13)10-14-5-2-8-28(14)20(30)18-19(29)27-16-7-6-15(11-17(16)26-18)31-21(23,24)25/h1,3-4,6-7,9,11,14H,2,5,8,10H2,(H,27,29). The predicted molar refractivity (Wildman–Crippen MR) is 112 cm³/mol. The fraction of sp³-hybridized carbons (Fsp3) is 0.286. The van der Waals surface area contributed by atoms with Gasteiger partial charge in [0, 0.05) is 22.5 Å². The van der Waals surface area contributed by atoms with Crippen LogP contribution in [0.1, 0.15) is 28.9 Å². The number of carbonyl (C=O) groups is 1. The van der Waals surface area contributed by atoms with Gasteiger partial charge in [-0.15, -0.1) is 0 Å². The van der Waals surface area contributed by atoms with Crippen molar-refractivity contribution in [1.29, 1.82) is 0 Å². The average Bonchev–Trinajstić information content (AvgIpc) is 3.14. The third kappa shape index (κ3) is 5.04. The van der Waals surface area contributed by atoms with Crippen LogP contribution in [-0.2, 0) is 6.42 Å². The first-order valence-electron chi connectivity index (χ1n) is 9.51. The first-order valence-corrected chi connectivity index (χ1v) is 10.7. The van der Waals surface area contributed by atoms with Crippen LogP contribution >= 0.6 is 23.4 Å². The number of hydrogen-bond acceptors (Lipinski definition) is 5. The van der Waals surface area contributed by atoms with Crippen molar-refractivity contribution in [1.82, 2.24) is 14.9 Å². The molecule has 5 nitrogen and oxygen atoms in total. The van der Waals surface area contributed by atoms with Gasteiger partial charge in [0.2, 0.25) is 5.88 Å². The van der Waals surface area contributed by atoms with Gasteiger partial charge in [-0.25, -0.2) is 9.97 Å². The Hall–Kier alpha value is -2.52. The molecule has 0 radical (unpaired) electrons. The number of halogens is 4. The van der Waals surface area contributed by atoms with Gasteiger partial charge in [-0.2, -0.15) is 13.2 Å². The molecule has 2 heterocycles. The average molecular weight is 468 g/mol. The Bertz CT molecular complexity index is 1140. The van der Waals surface area contributed by atoms with Gasteiger partial charge < -0.3 is 10.0 Å². The van der Waals surface area contributed by atoms with Crippen molar-refractivity contribution in [2.75, 3.05) is 6.54 Å². The smallest absolute Gasteiger partial charge is 0.446 e. The zero-order chi connectivity index (χ0) is 22.2. The van der Waals surface area contributed by atoms with Gasteiger partial charge in [-0.05, 0) is 66.9 Å². The molecule has 2 aromatic carbocycles. The molecule has 0 spiro atoms. The number of aromatic nitrogens is 2. The van der Waals surface area contributed by atoms with E-state index >= 15 is 0 Å². The molecule has 3 aromatic rings. The van der Waals surface area contributed by atoms with E-state index in [4.69, 9.17) is 11.6 Å². The minimum atomic E-state index is -4.44. The van der Waals surface area contributed by atoms with Crippen molar-refractivity contribution < 1.29 is 23.1 Å².